The van der Waals surface area contributed by atoms with Gasteiger partial charge < -0.3 is 19.1 Å². The SMILES string of the molecule is Cc1cnc(C)c(N2CCOC3(C[C@H]4CC[C@@H](C3)N4C(=O)c3ccon3)C2)n1. The minimum absolute atomic E-state index is 0.0239. The van der Waals surface area contributed by atoms with Crippen LogP contribution in [-0.4, -0.2) is 63.3 Å². The molecule has 5 rings (SSSR count). The van der Waals surface area contributed by atoms with Gasteiger partial charge in [0.25, 0.3) is 5.91 Å². The molecule has 0 radical (unpaired) electrons. The van der Waals surface area contributed by atoms with Crippen LogP contribution in [0.5, 0.6) is 0 Å². The predicted molar refractivity (Wildman–Crippen MR) is 101 cm³/mol. The molecule has 28 heavy (non-hydrogen) atoms. The van der Waals surface area contributed by atoms with Gasteiger partial charge in [0, 0.05) is 37.4 Å². The number of carbonyl (C=O) groups excluding carboxylic acids is 1. The molecule has 5 heterocycles. The lowest BCUT2D eigenvalue weighted by Gasteiger charge is -2.50. The normalized spacial score (nSPS) is 29.5. The molecule has 0 N–H and O–H groups in total. The zero-order valence-electron chi connectivity index (χ0n) is 16.3. The minimum Gasteiger partial charge on any atom is -0.371 e. The highest BCUT2D eigenvalue weighted by Crippen LogP contribution is 2.45. The molecule has 0 aromatic carbocycles. The Morgan fingerprint density at radius 3 is 2.75 bits per heavy atom. The minimum atomic E-state index is -0.234. The number of piperidine rings is 1. The number of nitrogens with zero attached hydrogens (tertiary/aromatic N) is 5. The van der Waals surface area contributed by atoms with E-state index in [1.807, 2.05) is 24.9 Å². The zero-order chi connectivity index (χ0) is 19.3. The van der Waals surface area contributed by atoms with Gasteiger partial charge in [0.15, 0.2) is 11.5 Å². The second kappa shape index (κ2) is 6.55. The molecular weight excluding hydrogens is 358 g/mol. The molecule has 8 heteroatoms. The summed E-state index contributed by atoms with van der Waals surface area (Å²) in [4.78, 5) is 26.4. The maximum absolute atomic E-state index is 12.9. The van der Waals surface area contributed by atoms with Crippen molar-refractivity contribution >= 4 is 11.7 Å². The number of aryl methyl sites for hydroxylation is 2. The quantitative estimate of drug-likeness (QED) is 0.785. The number of hydrogen-bond donors (Lipinski definition) is 0. The van der Waals surface area contributed by atoms with Gasteiger partial charge in [-0.25, -0.2) is 4.98 Å². The van der Waals surface area contributed by atoms with E-state index in [1.165, 1.54) is 6.26 Å². The average molecular weight is 383 g/mol. The van der Waals surface area contributed by atoms with E-state index in [1.54, 1.807) is 6.07 Å². The van der Waals surface area contributed by atoms with Gasteiger partial charge >= 0.3 is 0 Å². The van der Waals surface area contributed by atoms with Crippen molar-refractivity contribution in [2.24, 2.45) is 0 Å². The Kier molecular flexibility index (Phi) is 4.12. The summed E-state index contributed by atoms with van der Waals surface area (Å²) in [6.07, 6.45) is 6.99. The summed E-state index contributed by atoms with van der Waals surface area (Å²) in [7, 11) is 0. The number of rotatable bonds is 2. The first-order valence-corrected chi connectivity index (χ1v) is 9.97. The van der Waals surface area contributed by atoms with Crippen LogP contribution in [0.1, 0.15) is 47.6 Å². The summed E-state index contributed by atoms with van der Waals surface area (Å²) in [6.45, 7) is 6.27. The van der Waals surface area contributed by atoms with Crippen molar-refractivity contribution in [3.8, 4) is 0 Å². The molecule has 3 aliphatic heterocycles. The Hall–Kier alpha value is -2.48. The number of fused-ring (bicyclic) bond motifs is 2. The maximum Gasteiger partial charge on any atom is 0.276 e. The number of hydrogen-bond acceptors (Lipinski definition) is 7. The summed E-state index contributed by atoms with van der Waals surface area (Å²) in [5.74, 6) is 0.931. The van der Waals surface area contributed by atoms with Gasteiger partial charge in [0.05, 0.1) is 23.6 Å². The molecule has 1 amide bonds. The number of anilines is 1. The summed E-state index contributed by atoms with van der Waals surface area (Å²) in [5.41, 5.74) is 2.03. The monoisotopic (exact) mass is 383 g/mol. The van der Waals surface area contributed by atoms with Crippen LogP contribution in [0.25, 0.3) is 0 Å². The molecule has 8 nitrogen and oxygen atoms in total. The van der Waals surface area contributed by atoms with Crippen LogP contribution in [0.2, 0.25) is 0 Å². The number of morpholine rings is 1. The van der Waals surface area contributed by atoms with E-state index in [0.29, 0.717) is 12.3 Å². The Labute approximate surface area is 163 Å². The van der Waals surface area contributed by atoms with Crippen LogP contribution in [0.3, 0.4) is 0 Å². The lowest BCUT2D eigenvalue weighted by atomic mass is 9.84. The van der Waals surface area contributed by atoms with Crippen molar-refractivity contribution in [2.75, 3.05) is 24.6 Å². The topological polar surface area (TPSA) is 84.6 Å². The molecule has 2 aromatic rings. The standard InChI is InChI=1S/C20H25N5O3/c1-13-11-21-14(2)18(22-13)24-6-8-27-20(12-24)9-15-3-4-16(10-20)25(15)19(26)17-5-7-28-23-17/h5,7,11,15-16H,3-4,6,8-10,12H2,1-2H3/t15-,16+,20?. The lowest BCUT2D eigenvalue weighted by molar-refractivity contribution is -0.104. The second-order valence-electron chi connectivity index (χ2n) is 8.26. The molecule has 0 saturated carbocycles. The van der Waals surface area contributed by atoms with Crippen LogP contribution >= 0.6 is 0 Å². The van der Waals surface area contributed by atoms with Crippen LogP contribution in [0, 0.1) is 13.8 Å². The first kappa shape index (κ1) is 17.6. The van der Waals surface area contributed by atoms with Crippen molar-refractivity contribution in [1.29, 1.82) is 0 Å². The van der Waals surface area contributed by atoms with Crippen LogP contribution in [-0.2, 0) is 4.74 Å². The van der Waals surface area contributed by atoms with Crippen LogP contribution < -0.4 is 4.90 Å². The highest BCUT2D eigenvalue weighted by molar-refractivity contribution is 5.92. The van der Waals surface area contributed by atoms with Crippen LogP contribution in [0.4, 0.5) is 5.82 Å². The van der Waals surface area contributed by atoms with E-state index in [4.69, 9.17) is 14.2 Å². The van der Waals surface area contributed by atoms with Crippen molar-refractivity contribution in [2.45, 2.75) is 57.2 Å². The maximum atomic E-state index is 12.9. The van der Waals surface area contributed by atoms with Crippen molar-refractivity contribution in [3.05, 3.63) is 35.6 Å². The molecule has 2 bridgehead atoms. The summed E-state index contributed by atoms with van der Waals surface area (Å²) >= 11 is 0. The summed E-state index contributed by atoms with van der Waals surface area (Å²) in [6, 6.07) is 2.02. The molecular formula is C20H25N5O3. The fraction of sp³-hybridized carbons (Fsp3) is 0.600. The van der Waals surface area contributed by atoms with E-state index >= 15 is 0 Å². The van der Waals surface area contributed by atoms with E-state index in [0.717, 1.165) is 56.0 Å². The second-order valence-corrected chi connectivity index (χ2v) is 8.26. The fourth-order valence-electron chi connectivity index (χ4n) is 5.19. The zero-order valence-corrected chi connectivity index (χ0v) is 16.3. The highest BCUT2D eigenvalue weighted by Gasteiger charge is 2.52. The molecule has 0 aliphatic carbocycles. The third-order valence-corrected chi connectivity index (χ3v) is 6.33. The average Bonchev–Trinajstić information content (AvgIpc) is 3.31. The first-order valence-electron chi connectivity index (χ1n) is 9.97. The number of ether oxygens (including phenoxy) is 1. The van der Waals surface area contributed by atoms with Crippen molar-refractivity contribution in [1.82, 2.24) is 20.0 Å². The van der Waals surface area contributed by atoms with Gasteiger partial charge in [-0.2, -0.15) is 0 Å². The van der Waals surface area contributed by atoms with Gasteiger partial charge in [-0.1, -0.05) is 5.16 Å². The third-order valence-electron chi connectivity index (χ3n) is 6.33. The summed E-state index contributed by atoms with van der Waals surface area (Å²) in [5, 5.41) is 3.84. The molecule has 3 fully saturated rings. The van der Waals surface area contributed by atoms with Gasteiger partial charge in [-0.3, -0.25) is 9.78 Å². The Morgan fingerprint density at radius 2 is 2.04 bits per heavy atom. The Bertz CT molecular complexity index is 870. The predicted octanol–water partition coefficient (Wildman–Crippen LogP) is 2.12. The highest BCUT2D eigenvalue weighted by atomic mass is 16.5. The smallest absolute Gasteiger partial charge is 0.276 e. The van der Waals surface area contributed by atoms with E-state index in [2.05, 4.69) is 15.0 Å². The lowest BCUT2D eigenvalue weighted by Crippen LogP contribution is -2.61. The van der Waals surface area contributed by atoms with Crippen LogP contribution in [0.15, 0.2) is 23.0 Å². The third kappa shape index (κ3) is 2.87. The fourth-order valence-corrected chi connectivity index (χ4v) is 5.19. The Balaban J connectivity index is 1.37. The van der Waals surface area contributed by atoms with Gasteiger partial charge in [0.2, 0.25) is 0 Å². The molecule has 148 valence electrons. The molecule has 2 aromatic heterocycles. The molecule has 1 spiro atoms. The number of amides is 1. The summed E-state index contributed by atoms with van der Waals surface area (Å²) < 4.78 is 11.2. The molecule has 3 atom stereocenters. The van der Waals surface area contributed by atoms with E-state index < -0.39 is 0 Å². The number of carbonyl (C=O) groups is 1. The first-order chi connectivity index (χ1) is 13.5. The number of aromatic nitrogens is 3. The van der Waals surface area contributed by atoms with Crippen molar-refractivity contribution in [3.63, 3.8) is 0 Å². The van der Waals surface area contributed by atoms with E-state index in [-0.39, 0.29) is 23.6 Å². The van der Waals surface area contributed by atoms with E-state index in [9.17, 15) is 4.79 Å². The van der Waals surface area contributed by atoms with Crippen molar-refractivity contribution < 1.29 is 14.1 Å². The molecule has 3 saturated heterocycles. The molecule has 1 unspecified atom stereocenters. The van der Waals surface area contributed by atoms with Gasteiger partial charge in [-0.15, -0.1) is 0 Å². The van der Waals surface area contributed by atoms with Gasteiger partial charge in [-0.05, 0) is 39.5 Å². The Morgan fingerprint density at radius 1 is 1.25 bits per heavy atom. The molecule has 3 aliphatic rings. The largest absolute Gasteiger partial charge is 0.371 e. The van der Waals surface area contributed by atoms with Gasteiger partial charge in [0.1, 0.15) is 6.26 Å².